The summed E-state index contributed by atoms with van der Waals surface area (Å²) in [6, 6.07) is 8.06. The molecule has 1 aromatic carbocycles. The quantitative estimate of drug-likeness (QED) is 0.791. The van der Waals surface area contributed by atoms with Gasteiger partial charge in [-0.05, 0) is 18.1 Å². The van der Waals surface area contributed by atoms with Gasteiger partial charge in [-0.3, -0.25) is 0 Å². The van der Waals surface area contributed by atoms with Crippen molar-refractivity contribution in [2.24, 2.45) is 5.92 Å². The van der Waals surface area contributed by atoms with Gasteiger partial charge >= 0.3 is 0 Å². The fourth-order valence-electron chi connectivity index (χ4n) is 1.83. The summed E-state index contributed by atoms with van der Waals surface area (Å²) in [5.74, 6) is 2.60. The van der Waals surface area contributed by atoms with Crippen molar-refractivity contribution < 1.29 is 0 Å². The smallest absolute Gasteiger partial charge is 0.164 e. The van der Waals surface area contributed by atoms with E-state index < -0.39 is 0 Å². The highest BCUT2D eigenvalue weighted by Crippen LogP contribution is 2.23. The van der Waals surface area contributed by atoms with Crippen LogP contribution in [0.4, 0.5) is 0 Å². The average molecular weight is 329 g/mol. The number of benzene rings is 1. The molecule has 0 aliphatic rings. The second-order valence-corrected chi connectivity index (χ2v) is 5.77. The summed E-state index contributed by atoms with van der Waals surface area (Å²) < 4.78 is 3.13. The number of aromatic nitrogens is 3. The molecule has 0 spiro atoms. The van der Waals surface area contributed by atoms with Crippen LogP contribution in [0.1, 0.15) is 19.7 Å². The molecule has 0 aliphatic heterocycles. The van der Waals surface area contributed by atoms with Crippen molar-refractivity contribution in [2.75, 3.05) is 0 Å². The minimum absolute atomic E-state index is 0.383. The summed E-state index contributed by atoms with van der Waals surface area (Å²) in [5.41, 5.74) is 1.05. The summed E-state index contributed by atoms with van der Waals surface area (Å²) in [5, 5.41) is 8.42. The molecule has 2 aromatic rings. The molecule has 0 saturated heterocycles. The van der Waals surface area contributed by atoms with Crippen molar-refractivity contribution in [3.8, 4) is 11.4 Å². The van der Waals surface area contributed by atoms with Gasteiger partial charge in [0, 0.05) is 16.6 Å². The third-order valence-electron chi connectivity index (χ3n) is 2.58. The Kier molecular flexibility index (Phi) is 4.40. The highest BCUT2D eigenvalue weighted by molar-refractivity contribution is 9.10. The van der Waals surface area contributed by atoms with E-state index in [9.17, 15) is 0 Å². The predicted molar refractivity (Wildman–Crippen MR) is 77.6 cm³/mol. The molecule has 0 unspecified atom stereocenters. The van der Waals surface area contributed by atoms with Crippen molar-refractivity contribution in [3.63, 3.8) is 0 Å². The van der Waals surface area contributed by atoms with Gasteiger partial charge in [0.15, 0.2) is 5.82 Å². The SMILES string of the molecule is CC(C)Cn1c(CCl)nnc1-c1cccc(Br)c1. The minimum Gasteiger partial charge on any atom is -0.310 e. The van der Waals surface area contributed by atoms with Crippen LogP contribution >= 0.6 is 27.5 Å². The summed E-state index contributed by atoms with van der Waals surface area (Å²) >= 11 is 9.39. The zero-order valence-electron chi connectivity index (χ0n) is 10.4. The molecule has 1 heterocycles. The van der Waals surface area contributed by atoms with Crippen molar-refractivity contribution in [1.82, 2.24) is 14.8 Å². The molecule has 0 radical (unpaired) electrons. The lowest BCUT2D eigenvalue weighted by Gasteiger charge is -2.11. The topological polar surface area (TPSA) is 30.7 Å². The zero-order chi connectivity index (χ0) is 13.1. The average Bonchev–Trinajstić information content (AvgIpc) is 2.71. The van der Waals surface area contributed by atoms with E-state index in [4.69, 9.17) is 11.6 Å². The molecule has 0 saturated carbocycles. The molecule has 0 bridgehead atoms. The Balaban J connectivity index is 2.47. The van der Waals surface area contributed by atoms with Crippen molar-refractivity contribution >= 4 is 27.5 Å². The number of rotatable bonds is 4. The van der Waals surface area contributed by atoms with Gasteiger partial charge in [-0.15, -0.1) is 21.8 Å². The molecule has 3 nitrogen and oxygen atoms in total. The maximum absolute atomic E-state index is 5.91. The molecule has 96 valence electrons. The van der Waals surface area contributed by atoms with Crippen molar-refractivity contribution in [1.29, 1.82) is 0 Å². The maximum Gasteiger partial charge on any atom is 0.164 e. The summed E-state index contributed by atoms with van der Waals surface area (Å²) in [6.07, 6.45) is 0. The first-order valence-corrected chi connectivity index (χ1v) is 7.18. The van der Waals surface area contributed by atoms with Crippen LogP contribution in [0.2, 0.25) is 0 Å². The van der Waals surface area contributed by atoms with Crippen LogP contribution in [0.15, 0.2) is 28.7 Å². The van der Waals surface area contributed by atoms with Gasteiger partial charge in [0.25, 0.3) is 0 Å². The number of nitrogens with zero attached hydrogens (tertiary/aromatic N) is 3. The van der Waals surface area contributed by atoms with Gasteiger partial charge in [-0.1, -0.05) is 41.9 Å². The molecule has 0 aliphatic carbocycles. The van der Waals surface area contributed by atoms with E-state index in [-0.39, 0.29) is 0 Å². The third-order valence-corrected chi connectivity index (χ3v) is 3.31. The predicted octanol–water partition coefficient (Wildman–Crippen LogP) is 4.10. The molecular weight excluding hydrogens is 314 g/mol. The standard InChI is InChI=1S/C13H15BrClN3/c1-9(2)8-18-12(7-15)16-17-13(18)10-4-3-5-11(14)6-10/h3-6,9H,7-8H2,1-2H3. The molecule has 1 aromatic heterocycles. The number of hydrogen-bond donors (Lipinski definition) is 0. The van der Waals surface area contributed by atoms with E-state index in [1.165, 1.54) is 0 Å². The summed E-state index contributed by atoms with van der Waals surface area (Å²) in [4.78, 5) is 0. The third kappa shape index (κ3) is 2.93. The fourth-order valence-corrected chi connectivity index (χ4v) is 2.43. The Morgan fingerprint density at radius 3 is 2.72 bits per heavy atom. The van der Waals surface area contributed by atoms with Gasteiger partial charge in [-0.2, -0.15) is 0 Å². The van der Waals surface area contributed by atoms with E-state index in [0.717, 1.165) is 28.2 Å². The molecule has 0 atom stereocenters. The Labute approximate surface area is 120 Å². The van der Waals surface area contributed by atoms with Crippen LogP contribution in [-0.2, 0) is 12.4 Å². The Hall–Kier alpha value is -0.870. The molecule has 18 heavy (non-hydrogen) atoms. The lowest BCUT2D eigenvalue weighted by molar-refractivity contribution is 0.515. The van der Waals surface area contributed by atoms with Gasteiger partial charge in [0.1, 0.15) is 5.82 Å². The lowest BCUT2D eigenvalue weighted by atomic mass is 10.2. The molecule has 0 fully saturated rings. The first kappa shape index (κ1) is 13.6. The summed E-state index contributed by atoms with van der Waals surface area (Å²) in [6.45, 7) is 5.21. The van der Waals surface area contributed by atoms with Crippen LogP contribution < -0.4 is 0 Å². The first-order chi connectivity index (χ1) is 8.61. The Morgan fingerprint density at radius 2 is 2.11 bits per heavy atom. The summed E-state index contributed by atoms with van der Waals surface area (Å²) in [7, 11) is 0. The van der Waals surface area contributed by atoms with E-state index >= 15 is 0 Å². The van der Waals surface area contributed by atoms with Crippen LogP contribution in [0.5, 0.6) is 0 Å². The van der Waals surface area contributed by atoms with Gasteiger partial charge < -0.3 is 4.57 Å². The van der Waals surface area contributed by atoms with E-state index in [1.54, 1.807) is 0 Å². The first-order valence-electron chi connectivity index (χ1n) is 5.85. The number of alkyl halides is 1. The highest BCUT2D eigenvalue weighted by Gasteiger charge is 2.14. The van der Waals surface area contributed by atoms with Gasteiger partial charge in [0.05, 0.1) is 5.88 Å². The van der Waals surface area contributed by atoms with Crippen LogP contribution in [0.3, 0.4) is 0 Å². The van der Waals surface area contributed by atoms with E-state index in [1.807, 2.05) is 24.3 Å². The van der Waals surface area contributed by atoms with Crippen molar-refractivity contribution in [3.05, 3.63) is 34.6 Å². The Bertz CT molecular complexity index is 537. The van der Waals surface area contributed by atoms with Crippen LogP contribution in [0, 0.1) is 5.92 Å². The molecule has 5 heteroatoms. The van der Waals surface area contributed by atoms with Crippen molar-refractivity contribution in [2.45, 2.75) is 26.3 Å². The lowest BCUT2D eigenvalue weighted by Crippen LogP contribution is -2.09. The zero-order valence-corrected chi connectivity index (χ0v) is 12.7. The highest BCUT2D eigenvalue weighted by atomic mass is 79.9. The van der Waals surface area contributed by atoms with Gasteiger partial charge in [-0.25, -0.2) is 0 Å². The molecule has 0 N–H and O–H groups in total. The molecule has 2 rings (SSSR count). The van der Waals surface area contributed by atoms with Crippen LogP contribution in [0.25, 0.3) is 11.4 Å². The molecular formula is C13H15BrClN3. The molecule has 0 amide bonds. The Morgan fingerprint density at radius 1 is 1.33 bits per heavy atom. The van der Waals surface area contributed by atoms with Gasteiger partial charge in [0.2, 0.25) is 0 Å². The normalized spacial score (nSPS) is 11.2. The second-order valence-electron chi connectivity index (χ2n) is 4.59. The maximum atomic E-state index is 5.91. The monoisotopic (exact) mass is 327 g/mol. The van der Waals surface area contributed by atoms with Crippen LogP contribution in [-0.4, -0.2) is 14.8 Å². The fraction of sp³-hybridized carbons (Fsp3) is 0.385. The minimum atomic E-state index is 0.383. The largest absolute Gasteiger partial charge is 0.310 e. The number of halogens is 2. The van der Waals surface area contributed by atoms with E-state index in [2.05, 4.69) is 44.5 Å². The second kappa shape index (κ2) is 5.85. The van der Waals surface area contributed by atoms with E-state index in [0.29, 0.717) is 11.8 Å². The number of hydrogen-bond acceptors (Lipinski definition) is 2.